The maximum absolute atomic E-state index is 13.0. The van der Waals surface area contributed by atoms with Crippen LogP contribution in [0, 0.1) is 0 Å². The molecule has 1 fully saturated rings. The number of benzene rings is 2. The summed E-state index contributed by atoms with van der Waals surface area (Å²) in [5, 5.41) is 1.19. The number of hydrogen-bond acceptors (Lipinski definition) is 4. The topological polar surface area (TPSA) is 74.8 Å². The van der Waals surface area contributed by atoms with Gasteiger partial charge in [0, 0.05) is 31.6 Å². The van der Waals surface area contributed by atoms with Crippen molar-refractivity contribution in [1.82, 2.24) is 8.61 Å². The van der Waals surface area contributed by atoms with E-state index in [-0.39, 0.29) is 26.2 Å². The van der Waals surface area contributed by atoms with Gasteiger partial charge in [-0.15, -0.1) is 0 Å². The molecular weight excluding hydrogens is 408 g/mol. The molecule has 2 aliphatic rings. The Morgan fingerprint density at radius 1 is 0.759 bits per heavy atom. The molecule has 2 aromatic carbocycles. The van der Waals surface area contributed by atoms with E-state index >= 15 is 0 Å². The molecular formula is C21H24N2O4S2. The van der Waals surface area contributed by atoms with Crippen LogP contribution in [0.4, 0.5) is 0 Å². The minimum Gasteiger partial charge on any atom is -0.208 e. The smallest absolute Gasteiger partial charge is 0.208 e. The van der Waals surface area contributed by atoms with Crippen molar-refractivity contribution in [3.8, 4) is 0 Å². The standard InChI is InChI=1S/C21H24N2O4S2/c24-28(25,16-11-18-5-2-1-3-6-18)22-12-14-23(15-13-22)29(26,27)21-10-9-19-7-4-8-20(19)17-21/h1-3,5-6,9-11,16-17H,4,7-8,12-15H2. The molecule has 0 saturated carbocycles. The van der Waals surface area contributed by atoms with Crippen LogP contribution in [0.5, 0.6) is 0 Å². The summed E-state index contributed by atoms with van der Waals surface area (Å²) in [6.07, 6.45) is 4.54. The number of rotatable bonds is 5. The van der Waals surface area contributed by atoms with Crippen molar-refractivity contribution >= 4 is 26.1 Å². The van der Waals surface area contributed by atoms with E-state index in [2.05, 4.69) is 0 Å². The highest BCUT2D eigenvalue weighted by atomic mass is 32.2. The molecule has 154 valence electrons. The molecule has 8 heteroatoms. The molecule has 0 bridgehead atoms. The molecule has 0 aromatic heterocycles. The monoisotopic (exact) mass is 432 g/mol. The summed E-state index contributed by atoms with van der Waals surface area (Å²) in [4.78, 5) is 0.304. The quantitative estimate of drug-likeness (QED) is 0.728. The van der Waals surface area contributed by atoms with Crippen molar-refractivity contribution in [3.05, 3.63) is 70.6 Å². The Morgan fingerprint density at radius 2 is 1.41 bits per heavy atom. The van der Waals surface area contributed by atoms with Crippen LogP contribution in [0.15, 0.2) is 58.8 Å². The van der Waals surface area contributed by atoms with Crippen LogP contribution in [-0.2, 0) is 32.9 Å². The maximum atomic E-state index is 13.0. The molecule has 1 aliphatic carbocycles. The second-order valence-electron chi connectivity index (χ2n) is 7.35. The maximum Gasteiger partial charge on any atom is 0.243 e. The summed E-state index contributed by atoms with van der Waals surface area (Å²) in [6, 6.07) is 14.6. The highest BCUT2D eigenvalue weighted by Gasteiger charge is 2.32. The Hall–Kier alpha value is -2.00. The lowest BCUT2D eigenvalue weighted by atomic mass is 10.1. The Kier molecular flexibility index (Phi) is 5.61. The summed E-state index contributed by atoms with van der Waals surface area (Å²) in [5.41, 5.74) is 3.14. The van der Waals surface area contributed by atoms with Gasteiger partial charge < -0.3 is 0 Å². The Bertz CT molecular complexity index is 1120. The van der Waals surface area contributed by atoms with Crippen LogP contribution in [0.3, 0.4) is 0 Å². The van der Waals surface area contributed by atoms with Gasteiger partial charge in [0.05, 0.1) is 4.90 Å². The lowest BCUT2D eigenvalue weighted by Gasteiger charge is -2.32. The Morgan fingerprint density at radius 3 is 2.14 bits per heavy atom. The number of fused-ring (bicyclic) bond motifs is 1. The first kappa shape index (κ1) is 20.3. The van der Waals surface area contributed by atoms with E-state index in [0.29, 0.717) is 4.90 Å². The van der Waals surface area contributed by atoms with E-state index in [0.717, 1.165) is 30.4 Å². The fourth-order valence-electron chi connectivity index (χ4n) is 3.84. The lowest BCUT2D eigenvalue weighted by Crippen LogP contribution is -2.49. The van der Waals surface area contributed by atoms with E-state index in [9.17, 15) is 16.8 Å². The van der Waals surface area contributed by atoms with Crippen molar-refractivity contribution in [2.24, 2.45) is 0 Å². The number of sulfonamides is 2. The fraction of sp³-hybridized carbons (Fsp3) is 0.333. The van der Waals surface area contributed by atoms with E-state index in [4.69, 9.17) is 0 Å². The fourth-order valence-corrected chi connectivity index (χ4v) is 6.48. The first-order valence-electron chi connectivity index (χ1n) is 9.71. The molecule has 1 aliphatic heterocycles. The van der Waals surface area contributed by atoms with Gasteiger partial charge in [-0.25, -0.2) is 16.8 Å². The Balaban J connectivity index is 1.44. The largest absolute Gasteiger partial charge is 0.243 e. The highest BCUT2D eigenvalue weighted by Crippen LogP contribution is 2.27. The molecule has 0 unspecified atom stereocenters. The zero-order valence-corrected chi connectivity index (χ0v) is 17.7. The molecule has 0 spiro atoms. The van der Waals surface area contributed by atoms with Crippen LogP contribution in [0.2, 0.25) is 0 Å². The zero-order valence-electron chi connectivity index (χ0n) is 16.1. The highest BCUT2D eigenvalue weighted by molar-refractivity contribution is 7.92. The molecule has 6 nitrogen and oxygen atoms in total. The molecule has 0 atom stereocenters. The first-order valence-corrected chi connectivity index (χ1v) is 12.7. The van der Waals surface area contributed by atoms with Crippen LogP contribution in [0.1, 0.15) is 23.1 Å². The summed E-state index contributed by atoms with van der Waals surface area (Å²) in [7, 11) is -7.21. The zero-order chi connectivity index (χ0) is 20.5. The average molecular weight is 433 g/mol. The first-order chi connectivity index (χ1) is 13.9. The van der Waals surface area contributed by atoms with Crippen molar-refractivity contribution in [3.63, 3.8) is 0 Å². The van der Waals surface area contributed by atoms with Crippen molar-refractivity contribution < 1.29 is 16.8 Å². The summed E-state index contributed by atoms with van der Waals surface area (Å²) >= 11 is 0. The van der Waals surface area contributed by atoms with E-state index in [1.165, 1.54) is 19.6 Å². The van der Waals surface area contributed by atoms with Crippen LogP contribution in [0.25, 0.3) is 6.08 Å². The number of piperazine rings is 1. The van der Waals surface area contributed by atoms with Gasteiger partial charge >= 0.3 is 0 Å². The second-order valence-corrected chi connectivity index (χ2v) is 11.1. The third-order valence-corrected chi connectivity index (χ3v) is 8.96. The van der Waals surface area contributed by atoms with Gasteiger partial charge in [-0.2, -0.15) is 8.61 Å². The molecule has 0 amide bonds. The van der Waals surface area contributed by atoms with Gasteiger partial charge in [0.1, 0.15) is 0 Å². The molecule has 0 radical (unpaired) electrons. The summed E-state index contributed by atoms with van der Waals surface area (Å²) < 4.78 is 53.9. The van der Waals surface area contributed by atoms with Crippen LogP contribution < -0.4 is 0 Å². The van der Waals surface area contributed by atoms with Gasteiger partial charge in [-0.3, -0.25) is 0 Å². The van der Waals surface area contributed by atoms with Crippen LogP contribution in [-0.4, -0.2) is 51.6 Å². The normalized spacial score (nSPS) is 18.9. The predicted molar refractivity (Wildman–Crippen MR) is 113 cm³/mol. The van der Waals surface area contributed by atoms with Gasteiger partial charge in [0.25, 0.3) is 0 Å². The van der Waals surface area contributed by atoms with Gasteiger partial charge in [0.15, 0.2) is 0 Å². The van der Waals surface area contributed by atoms with Gasteiger partial charge in [-0.05, 0) is 54.2 Å². The summed E-state index contributed by atoms with van der Waals surface area (Å²) in [5.74, 6) is 0. The lowest BCUT2D eigenvalue weighted by molar-refractivity contribution is 0.275. The van der Waals surface area contributed by atoms with E-state index < -0.39 is 20.0 Å². The van der Waals surface area contributed by atoms with Crippen molar-refractivity contribution in [2.45, 2.75) is 24.2 Å². The van der Waals surface area contributed by atoms with Gasteiger partial charge in [0.2, 0.25) is 20.0 Å². The average Bonchev–Trinajstić information content (AvgIpc) is 3.21. The minimum atomic E-state index is -3.61. The molecule has 0 N–H and O–H groups in total. The van der Waals surface area contributed by atoms with E-state index in [1.54, 1.807) is 18.2 Å². The second kappa shape index (κ2) is 8.02. The third kappa shape index (κ3) is 4.30. The molecule has 4 rings (SSSR count). The Labute approximate surface area is 172 Å². The molecule has 29 heavy (non-hydrogen) atoms. The number of nitrogens with zero attached hydrogens (tertiary/aromatic N) is 2. The molecule has 1 heterocycles. The predicted octanol–water partition coefficient (Wildman–Crippen LogP) is 2.48. The number of aryl methyl sites for hydroxylation is 2. The van der Waals surface area contributed by atoms with E-state index in [1.807, 2.05) is 36.4 Å². The number of hydrogen-bond donors (Lipinski definition) is 0. The van der Waals surface area contributed by atoms with Crippen molar-refractivity contribution in [2.75, 3.05) is 26.2 Å². The summed E-state index contributed by atoms with van der Waals surface area (Å²) in [6.45, 7) is 0.590. The minimum absolute atomic E-state index is 0.144. The third-order valence-electron chi connectivity index (χ3n) is 5.50. The van der Waals surface area contributed by atoms with Crippen LogP contribution >= 0.6 is 0 Å². The SMILES string of the molecule is O=S(=O)(C=Cc1ccccc1)N1CCN(S(=O)(=O)c2ccc3c(c2)CCC3)CC1. The van der Waals surface area contributed by atoms with Crippen molar-refractivity contribution in [1.29, 1.82) is 0 Å². The molecule has 1 saturated heterocycles. The van der Waals surface area contributed by atoms with Gasteiger partial charge in [-0.1, -0.05) is 36.4 Å². The molecule has 2 aromatic rings.